The molecule has 0 aliphatic carbocycles. The maximum absolute atomic E-state index is 12.9. The van der Waals surface area contributed by atoms with Crippen LogP contribution in [0.5, 0.6) is 11.5 Å². The molecule has 1 amide bonds. The lowest BCUT2D eigenvalue weighted by Crippen LogP contribution is -2.35. The highest BCUT2D eigenvalue weighted by Crippen LogP contribution is 2.32. The van der Waals surface area contributed by atoms with Gasteiger partial charge in [-0.15, -0.1) is 0 Å². The van der Waals surface area contributed by atoms with Gasteiger partial charge in [0.1, 0.15) is 5.75 Å². The molecule has 0 fully saturated rings. The predicted octanol–water partition coefficient (Wildman–Crippen LogP) is 4.23. The summed E-state index contributed by atoms with van der Waals surface area (Å²) >= 11 is 0. The molecule has 0 unspecified atom stereocenters. The van der Waals surface area contributed by atoms with Crippen LogP contribution in [0.1, 0.15) is 17.2 Å². The Hall–Kier alpha value is -3.87. The number of hydrogen-bond acceptors (Lipinski definition) is 5. The van der Waals surface area contributed by atoms with E-state index in [-0.39, 0.29) is 30.0 Å². The van der Waals surface area contributed by atoms with Gasteiger partial charge in [-0.25, -0.2) is 0 Å². The number of nitrogens with zero attached hydrogens (tertiary/aromatic N) is 2. The number of carbonyl (C=O) groups excluding carboxylic acids is 1. The van der Waals surface area contributed by atoms with Crippen LogP contribution < -0.4 is 9.47 Å². The molecule has 0 aromatic heterocycles. The van der Waals surface area contributed by atoms with E-state index < -0.39 is 4.92 Å². The van der Waals surface area contributed by atoms with Crippen LogP contribution >= 0.6 is 0 Å². The highest BCUT2D eigenvalue weighted by atomic mass is 16.6. The number of ether oxygens (including phenoxy) is 2. The second kappa shape index (κ2) is 9.56. The van der Waals surface area contributed by atoms with Gasteiger partial charge in [-0.2, -0.15) is 0 Å². The summed E-state index contributed by atoms with van der Waals surface area (Å²) in [6, 6.07) is 23.3. The van der Waals surface area contributed by atoms with Crippen LogP contribution in [0.4, 0.5) is 5.69 Å². The van der Waals surface area contributed by atoms with E-state index in [2.05, 4.69) is 0 Å². The van der Waals surface area contributed by atoms with Crippen molar-refractivity contribution in [3.63, 3.8) is 0 Å². The highest BCUT2D eigenvalue weighted by molar-refractivity contribution is 5.78. The first kappa shape index (κ1) is 20.9. The Morgan fingerprint density at radius 3 is 2.07 bits per heavy atom. The number of nitro benzene ring substituents is 1. The van der Waals surface area contributed by atoms with E-state index in [9.17, 15) is 14.9 Å². The van der Waals surface area contributed by atoms with E-state index in [4.69, 9.17) is 9.47 Å². The number of hydrogen-bond donors (Lipinski definition) is 0. The van der Waals surface area contributed by atoms with Crippen molar-refractivity contribution in [1.82, 2.24) is 4.90 Å². The van der Waals surface area contributed by atoms with Crippen molar-refractivity contribution in [1.29, 1.82) is 0 Å². The lowest BCUT2D eigenvalue weighted by atomic mass is 9.97. The summed E-state index contributed by atoms with van der Waals surface area (Å²) in [6.45, 7) is -0.333. The molecule has 0 atom stereocenters. The third-order valence-corrected chi connectivity index (χ3v) is 4.73. The zero-order valence-electron chi connectivity index (χ0n) is 16.7. The fraction of sp³-hybridized carbons (Fsp3) is 0.174. The van der Waals surface area contributed by atoms with Crippen molar-refractivity contribution in [3.8, 4) is 11.5 Å². The molecule has 3 aromatic rings. The number of nitro groups is 1. The first-order valence-electron chi connectivity index (χ1n) is 9.32. The molecule has 0 radical (unpaired) electrons. The lowest BCUT2D eigenvalue weighted by molar-refractivity contribution is -0.385. The Morgan fingerprint density at radius 2 is 1.57 bits per heavy atom. The molecule has 3 aromatic carbocycles. The Morgan fingerprint density at radius 1 is 1.00 bits per heavy atom. The van der Waals surface area contributed by atoms with E-state index in [1.165, 1.54) is 19.2 Å². The van der Waals surface area contributed by atoms with Crippen molar-refractivity contribution >= 4 is 11.6 Å². The minimum atomic E-state index is -0.567. The number of methoxy groups -OCH3 is 1. The molecule has 0 bridgehead atoms. The molecule has 154 valence electrons. The number of likely N-dealkylation sites (N-methyl/N-ethyl adjacent to an activating group) is 1. The van der Waals surface area contributed by atoms with Gasteiger partial charge in [0.25, 0.3) is 5.91 Å². The van der Waals surface area contributed by atoms with Gasteiger partial charge >= 0.3 is 5.69 Å². The second-order valence-corrected chi connectivity index (χ2v) is 6.61. The summed E-state index contributed by atoms with van der Waals surface area (Å²) in [5, 5.41) is 11.3. The predicted molar refractivity (Wildman–Crippen MR) is 113 cm³/mol. The molecule has 0 saturated carbocycles. The summed E-state index contributed by atoms with van der Waals surface area (Å²) in [7, 11) is 3.12. The van der Waals surface area contributed by atoms with E-state index in [1.54, 1.807) is 18.0 Å². The molecule has 30 heavy (non-hydrogen) atoms. The minimum Gasteiger partial charge on any atom is -0.496 e. The average molecular weight is 406 g/mol. The Labute approximate surface area is 174 Å². The molecule has 7 heteroatoms. The maximum atomic E-state index is 12.9. The van der Waals surface area contributed by atoms with E-state index >= 15 is 0 Å². The summed E-state index contributed by atoms with van der Waals surface area (Å²) in [5.41, 5.74) is 1.65. The fourth-order valence-corrected chi connectivity index (χ4v) is 3.18. The Balaban J connectivity index is 1.81. The van der Waals surface area contributed by atoms with Crippen molar-refractivity contribution in [2.24, 2.45) is 0 Å². The van der Waals surface area contributed by atoms with Crippen molar-refractivity contribution in [2.75, 3.05) is 20.8 Å². The van der Waals surface area contributed by atoms with Crippen LogP contribution in [0.25, 0.3) is 0 Å². The van der Waals surface area contributed by atoms with E-state index in [0.717, 1.165) is 11.1 Å². The van der Waals surface area contributed by atoms with Gasteiger partial charge in [-0.05, 0) is 23.3 Å². The van der Waals surface area contributed by atoms with Gasteiger partial charge in [0, 0.05) is 7.05 Å². The van der Waals surface area contributed by atoms with Crippen LogP contribution in [0, 0.1) is 10.1 Å². The average Bonchev–Trinajstić information content (AvgIpc) is 2.78. The molecule has 0 aliphatic rings. The van der Waals surface area contributed by atoms with E-state index in [1.807, 2.05) is 60.7 Å². The van der Waals surface area contributed by atoms with Crippen molar-refractivity contribution in [2.45, 2.75) is 6.04 Å². The van der Waals surface area contributed by atoms with Crippen LogP contribution in [0.15, 0.2) is 78.9 Å². The molecule has 0 saturated heterocycles. The molecule has 0 heterocycles. The number of amides is 1. The van der Waals surface area contributed by atoms with Gasteiger partial charge in [0.05, 0.1) is 24.1 Å². The van der Waals surface area contributed by atoms with Gasteiger partial charge in [-0.1, -0.05) is 60.7 Å². The van der Waals surface area contributed by atoms with Crippen LogP contribution in [-0.4, -0.2) is 36.5 Å². The molecule has 3 rings (SSSR count). The monoisotopic (exact) mass is 406 g/mol. The van der Waals surface area contributed by atoms with Gasteiger partial charge in [0.15, 0.2) is 12.4 Å². The van der Waals surface area contributed by atoms with Crippen molar-refractivity contribution < 1.29 is 19.2 Å². The largest absolute Gasteiger partial charge is 0.496 e. The molecule has 0 N–H and O–H groups in total. The van der Waals surface area contributed by atoms with Gasteiger partial charge in [0.2, 0.25) is 0 Å². The topological polar surface area (TPSA) is 81.9 Å². The number of rotatable bonds is 8. The molecule has 0 aliphatic heterocycles. The fourth-order valence-electron chi connectivity index (χ4n) is 3.18. The lowest BCUT2D eigenvalue weighted by Gasteiger charge is -2.29. The normalized spacial score (nSPS) is 10.5. The zero-order chi connectivity index (χ0) is 21.5. The molecule has 0 spiro atoms. The minimum absolute atomic E-state index is 0.0125. The summed E-state index contributed by atoms with van der Waals surface area (Å²) < 4.78 is 10.5. The Bertz CT molecular complexity index is 969. The smallest absolute Gasteiger partial charge is 0.314 e. The van der Waals surface area contributed by atoms with Gasteiger partial charge < -0.3 is 14.4 Å². The first-order valence-corrected chi connectivity index (χ1v) is 9.32. The standard InChI is InChI=1S/C23H22N2O5/c1-24(23(17-9-5-3-6-10-17)18-11-7-4-8-12-18)22(26)16-30-21-14-13-19(29-2)15-20(21)25(27)28/h3-15,23H,16H2,1-2H3. The zero-order valence-corrected chi connectivity index (χ0v) is 16.7. The summed E-state index contributed by atoms with van der Waals surface area (Å²) in [4.78, 5) is 25.3. The Kier molecular flexibility index (Phi) is 6.64. The third kappa shape index (κ3) is 4.75. The summed E-state index contributed by atoms with van der Waals surface area (Å²) in [5.74, 6) is 0.0436. The number of benzene rings is 3. The van der Waals surface area contributed by atoms with Crippen molar-refractivity contribution in [3.05, 3.63) is 100 Å². The quantitative estimate of drug-likeness (QED) is 0.413. The number of carbonyl (C=O) groups is 1. The van der Waals surface area contributed by atoms with Crippen LogP contribution in [0.2, 0.25) is 0 Å². The van der Waals surface area contributed by atoms with Gasteiger partial charge in [-0.3, -0.25) is 14.9 Å². The third-order valence-electron chi connectivity index (χ3n) is 4.73. The molecule has 7 nitrogen and oxygen atoms in total. The first-order chi connectivity index (χ1) is 14.5. The van der Waals surface area contributed by atoms with Crippen LogP contribution in [0.3, 0.4) is 0 Å². The maximum Gasteiger partial charge on any atom is 0.314 e. The second-order valence-electron chi connectivity index (χ2n) is 6.61. The van der Waals surface area contributed by atoms with Crippen LogP contribution in [-0.2, 0) is 4.79 Å². The van der Waals surface area contributed by atoms with E-state index in [0.29, 0.717) is 5.75 Å². The highest BCUT2D eigenvalue weighted by Gasteiger charge is 2.25. The summed E-state index contributed by atoms with van der Waals surface area (Å²) in [6.07, 6.45) is 0. The SMILES string of the molecule is COc1ccc(OCC(=O)N(C)C(c2ccccc2)c2ccccc2)c([N+](=O)[O-])c1. The molecular weight excluding hydrogens is 384 g/mol. The molecular formula is C23H22N2O5.